The lowest BCUT2D eigenvalue weighted by molar-refractivity contribution is -0.892. The second-order valence-electron chi connectivity index (χ2n) is 6.38. The van der Waals surface area contributed by atoms with Crippen LogP contribution < -0.4 is 20.4 Å². The van der Waals surface area contributed by atoms with Crippen molar-refractivity contribution in [3.8, 4) is 0 Å². The number of hydrogen-bond donors (Lipinski definition) is 3. The molecule has 0 spiro atoms. The first-order valence-electron chi connectivity index (χ1n) is 8.72. The monoisotopic (exact) mass is 333 g/mol. The molecule has 2 amide bonds. The first kappa shape index (κ1) is 18.3. The summed E-state index contributed by atoms with van der Waals surface area (Å²) in [6, 6.07) is 7.93. The van der Waals surface area contributed by atoms with Gasteiger partial charge in [-0.25, -0.2) is 0 Å². The number of likely N-dealkylation sites (N-methyl/N-ethyl adjacent to an activating group) is 1. The minimum absolute atomic E-state index is 0.0619. The van der Waals surface area contributed by atoms with Gasteiger partial charge in [0.25, 0.3) is 5.91 Å². The number of amides is 2. The number of rotatable bonds is 6. The summed E-state index contributed by atoms with van der Waals surface area (Å²) >= 11 is 0. The van der Waals surface area contributed by atoms with Crippen molar-refractivity contribution in [1.29, 1.82) is 0 Å². The van der Waals surface area contributed by atoms with Crippen LogP contribution in [0.1, 0.15) is 19.4 Å². The minimum atomic E-state index is -0.481. The number of carbonyl (C=O) groups is 2. The summed E-state index contributed by atoms with van der Waals surface area (Å²) in [4.78, 5) is 27.4. The average molecular weight is 333 g/mol. The lowest BCUT2D eigenvalue weighted by Crippen LogP contribution is -3.16. The molecule has 0 unspecified atom stereocenters. The van der Waals surface area contributed by atoms with E-state index < -0.39 is 6.04 Å². The molecule has 6 nitrogen and oxygen atoms in total. The summed E-state index contributed by atoms with van der Waals surface area (Å²) in [5.41, 5.74) is 2.57. The van der Waals surface area contributed by atoms with Crippen molar-refractivity contribution < 1.29 is 14.5 Å². The summed E-state index contributed by atoms with van der Waals surface area (Å²) in [7, 11) is 0. The molecule has 24 heavy (non-hydrogen) atoms. The van der Waals surface area contributed by atoms with E-state index in [1.165, 1.54) is 16.2 Å². The number of hydrogen-bond acceptors (Lipinski definition) is 3. The molecule has 3 N–H and O–H groups in total. The Morgan fingerprint density at radius 2 is 1.92 bits per heavy atom. The van der Waals surface area contributed by atoms with Gasteiger partial charge in [-0.05, 0) is 32.4 Å². The van der Waals surface area contributed by atoms with Crippen molar-refractivity contribution in [1.82, 2.24) is 10.6 Å². The molecule has 1 atom stereocenters. The molecule has 1 saturated heterocycles. The number of para-hydroxylation sites is 1. The molecule has 6 heteroatoms. The molecule has 132 valence electrons. The molecule has 1 aromatic rings. The number of anilines is 1. The van der Waals surface area contributed by atoms with E-state index >= 15 is 0 Å². The highest BCUT2D eigenvalue weighted by molar-refractivity contribution is 5.87. The van der Waals surface area contributed by atoms with Crippen LogP contribution >= 0.6 is 0 Å². The third-order valence-corrected chi connectivity index (χ3v) is 4.46. The molecule has 1 heterocycles. The highest BCUT2D eigenvalue weighted by Crippen LogP contribution is 2.18. The van der Waals surface area contributed by atoms with E-state index in [-0.39, 0.29) is 11.8 Å². The van der Waals surface area contributed by atoms with E-state index in [9.17, 15) is 9.59 Å². The van der Waals surface area contributed by atoms with Gasteiger partial charge >= 0.3 is 0 Å². The average Bonchev–Trinajstić information content (AvgIpc) is 2.56. The van der Waals surface area contributed by atoms with Gasteiger partial charge in [-0.3, -0.25) is 9.59 Å². The van der Waals surface area contributed by atoms with Crippen LogP contribution in [0.5, 0.6) is 0 Å². The summed E-state index contributed by atoms with van der Waals surface area (Å²) in [5, 5.41) is 5.49. The van der Waals surface area contributed by atoms with E-state index in [0.717, 1.165) is 26.2 Å². The Kier molecular flexibility index (Phi) is 6.61. The summed E-state index contributed by atoms with van der Waals surface area (Å²) in [6.45, 7) is 10.5. The van der Waals surface area contributed by atoms with Crippen molar-refractivity contribution in [3.63, 3.8) is 0 Å². The molecule has 0 radical (unpaired) electrons. The predicted octanol–water partition coefficient (Wildman–Crippen LogP) is -0.659. The Hall–Kier alpha value is -2.08. The second kappa shape index (κ2) is 8.68. The third kappa shape index (κ3) is 4.96. The fraction of sp³-hybridized carbons (Fsp3) is 0.556. The van der Waals surface area contributed by atoms with E-state index in [1.807, 2.05) is 6.92 Å². The molecule has 1 fully saturated rings. The molecule has 1 aromatic carbocycles. The molecule has 0 bridgehead atoms. The van der Waals surface area contributed by atoms with Gasteiger partial charge < -0.3 is 20.4 Å². The van der Waals surface area contributed by atoms with Gasteiger partial charge in [0, 0.05) is 12.2 Å². The maximum absolute atomic E-state index is 12.1. The summed E-state index contributed by atoms with van der Waals surface area (Å²) in [6.07, 6.45) is 0. The van der Waals surface area contributed by atoms with Crippen LogP contribution in [-0.4, -0.2) is 57.1 Å². The van der Waals surface area contributed by atoms with Gasteiger partial charge in [0.15, 0.2) is 6.54 Å². The van der Waals surface area contributed by atoms with Gasteiger partial charge in [0.1, 0.15) is 6.04 Å². The Morgan fingerprint density at radius 3 is 2.54 bits per heavy atom. The molecular weight excluding hydrogens is 304 g/mol. The summed E-state index contributed by atoms with van der Waals surface area (Å²) < 4.78 is 0. The third-order valence-electron chi connectivity index (χ3n) is 4.46. The van der Waals surface area contributed by atoms with Crippen LogP contribution in [0.15, 0.2) is 24.3 Å². The molecule has 2 rings (SSSR count). The highest BCUT2D eigenvalue weighted by Gasteiger charge is 2.24. The maximum atomic E-state index is 12.1. The van der Waals surface area contributed by atoms with E-state index in [4.69, 9.17) is 0 Å². The topological polar surface area (TPSA) is 65.9 Å². The molecular formula is C18H29N4O2+. The lowest BCUT2D eigenvalue weighted by Gasteiger charge is -2.34. The standard InChI is InChI=1S/C18H28N4O2/c1-4-19-18(24)15(3)20-17(23)13-21-9-11-22(12-10-21)16-8-6-5-7-14(16)2/h5-8,15H,4,9-13H2,1-3H3,(H,19,24)(H,20,23)/p+1/t15-/m0/s1. The van der Waals surface area contributed by atoms with Crippen LogP contribution in [0, 0.1) is 6.92 Å². The molecule has 0 aromatic heterocycles. The van der Waals surface area contributed by atoms with Crippen molar-refractivity contribution in [3.05, 3.63) is 29.8 Å². The summed E-state index contributed by atoms with van der Waals surface area (Å²) in [5.74, 6) is -0.196. The number of carbonyl (C=O) groups excluding carboxylic acids is 2. The quantitative estimate of drug-likeness (QED) is 0.648. The number of piperazine rings is 1. The fourth-order valence-electron chi connectivity index (χ4n) is 3.07. The normalized spacial score (nSPS) is 16.5. The number of nitrogens with zero attached hydrogens (tertiary/aromatic N) is 1. The van der Waals surface area contributed by atoms with Crippen LogP contribution in [0.3, 0.4) is 0 Å². The van der Waals surface area contributed by atoms with Crippen LogP contribution in [0.2, 0.25) is 0 Å². The van der Waals surface area contributed by atoms with Gasteiger partial charge in [0.2, 0.25) is 5.91 Å². The lowest BCUT2D eigenvalue weighted by atomic mass is 10.1. The first-order chi connectivity index (χ1) is 11.5. The second-order valence-corrected chi connectivity index (χ2v) is 6.38. The van der Waals surface area contributed by atoms with E-state index in [1.54, 1.807) is 6.92 Å². The van der Waals surface area contributed by atoms with E-state index in [0.29, 0.717) is 13.1 Å². The van der Waals surface area contributed by atoms with Crippen molar-refractivity contribution in [2.24, 2.45) is 0 Å². The number of aryl methyl sites for hydroxylation is 1. The van der Waals surface area contributed by atoms with E-state index in [2.05, 4.69) is 46.7 Å². The van der Waals surface area contributed by atoms with Crippen LogP contribution in [-0.2, 0) is 9.59 Å². The zero-order valence-corrected chi connectivity index (χ0v) is 14.9. The Bertz CT molecular complexity index is 568. The van der Waals surface area contributed by atoms with Crippen LogP contribution in [0.4, 0.5) is 5.69 Å². The van der Waals surface area contributed by atoms with Gasteiger partial charge in [-0.15, -0.1) is 0 Å². The van der Waals surface area contributed by atoms with Gasteiger partial charge in [-0.2, -0.15) is 0 Å². The minimum Gasteiger partial charge on any atom is -0.360 e. The van der Waals surface area contributed by atoms with Gasteiger partial charge in [-0.1, -0.05) is 18.2 Å². The first-order valence-corrected chi connectivity index (χ1v) is 8.72. The Labute approximate surface area is 144 Å². The van der Waals surface area contributed by atoms with Gasteiger partial charge in [0.05, 0.1) is 26.2 Å². The predicted molar refractivity (Wildman–Crippen MR) is 95.2 cm³/mol. The highest BCUT2D eigenvalue weighted by atomic mass is 16.2. The smallest absolute Gasteiger partial charge is 0.275 e. The molecule has 1 aliphatic rings. The zero-order chi connectivity index (χ0) is 17.5. The Balaban J connectivity index is 1.77. The van der Waals surface area contributed by atoms with Crippen molar-refractivity contribution in [2.45, 2.75) is 26.8 Å². The zero-order valence-electron chi connectivity index (χ0n) is 14.9. The van der Waals surface area contributed by atoms with Crippen molar-refractivity contribution in [2.75, 3.05) is 44.2 Å². The Morgan fingerprint density at radius 1 is 1.25 bits per heavy atom. The number of benzene rings is 1. The number of nitrogens with one attached hydrogen (secondary N) is 3. The largest absolute Gasteiger partial charge is 0.360 e. The number of quaternary nitrogens is 1. The van der Waals surface area contributed by atoms with Crippen molar-refractivity contribution >= 4 is 17.5 Å². The SMILES string of the molecule is CCNC(=O)[C@H](C)NC(=O)C[NH+]1CCN(c2ccccc2C)CC1. The molecule has 0 saturated carbocycles. The fourth-order valence-corrected chi connectivity index (χ4v) is 3.07. The maximum Gasteiger partial charge on any atom is 0.275 e. The molecule has 1 aliphatic heterocycles. The van der Waals surface area contributed by atoms with Crippen LogP contribution in [0.25, 0.3) is 0 Å². The molecule has 0 aliphatic carbocycles.